The Labute approximate surface area is 167 Å². The number of carbonyl (C=O) groups is 1. The van der Waals surface area contributed by atoms with Crippen LogP contribution in [0.5, 0.6) is 0 Å². The van der Waals surface area contributed by atoms with Crippen molar-refractivity contribution in [2.24, 2.45) is 0 Å². The van der Waals surface area contributed by atoms with Gasteiger partial charge in [0.05, 0.1) is 20.9 Å². The molecule has 0 saturated carbocycles. The summed E-state index contributed by atoms with van der Waals surface area (Å²) in [5.74, 6) is -0.619. The molecule has 0 saturated heterocycles. The standard InChI is InChI=1S/C20H13F3N2O3S/c21-20(22,23)13-6-5-7-14(12-13)24-19(26)15-8-1-3-10-17(15)29-18-11-4-2-9-16(18)25(27)28/h1-12H,(H,24,26). The number of hydrogen-bond donors (Lipinski definition) is 1. The van der Waals surface area contributed by atoms with Gasteiger partial charge in [-0.1, -0.05) is 42.1 Å². The van der Waals surface area contributed by atoms with Gasteiger partial charge in [-0.05, 0) is 36.4 Å². The minimum absolute atomic E-state index is 0.00433. The van der Waals surface area contributed by atoms with E-state index < -0.39 is 22.6 Å². The van der Waals surface area contributed by atoms with Crippen LogP contribution in [0.2, 0.25) is 0 Å². The van der Waals surface area contributed by atoms with Gasteiger partial charge in [-0.25, -0.2) is 0 Å². The SMILES string of the molecule is O=C(Nc1cccc(C(F)(F)F)c1)c1ccccc1Sc1ccccc1[N+](=O)[O-]. The number of alkyl halides is 3. The number of carbonyl (C=O) groups excluding carboxylic acids is 1. The lowest BCUT2D eigenvalue weighted by molar-refractivity contribution is -0.387. The van der Waals surface area contributed by atoms with Gasteiger partial charge in [0.2, 0.25) is 0 Å². The van der Waals surface area contributed by atoms with Crippen LogP contribution in [0.1, 0.15) is 15.9 Å². The molecule has 9 heteroatoms. The van der Waals surface area contributed by atoms with Gasteiger partial charge >= 0.3 is 6.18 Å². The molecule has 0 fully saturated rings. The molecule has 1 amide bonds. The second-order valence-electron chi connectivity index (χ2n) is 5.86. The summed E-state index contributed by atoms with van der Waals surface area (Å²) in [6.07, 6.45) is -4.53. The number of nitro benzene ring substituents is 1. The lowest BCUT2D eigenvalue weighted by Crippen LogP contribution is -2.14. The topological polar surface area (TPSA) is 72.2 Å². The van der Waals surface area contributed by atoms with E-state index in [4.69, 9.17) is 0 Å². The highest BCUT2D eigenvalue weighted by atomic mass is 32.2. The summed E-state index contributed by atoms with van der Waals surface area (Å²) in [5.41, 5.74) is -0.799. The van der Waals surface area contributed by atoms with Crippen LogP contribution in [0.15, 0.2) is 82.6 Å². The van der Waals surface area contributed by atoms with Gasteiger partial charge in [0, 0.05) is 16.6 Å². The third-order valence-electron chi connectivity index (χ3n) is 3.86. The van der Waals surface area contributed by atoms with Crippen LogP contribution in [0.3, 0.4) is 0 Å². The fraction of sp³-hybridized carbons (Fsp3) is 0.0500. The first-order valence-corrected chi connectivity index (χ1v) is 9.06. The van der Waals surface area contributed by atoms with Crippen molar-refractivity contribution in [2.75, 3.05) is 5.32 Å². The highest BCUT2D eigenvalue weighted by Gasteiger charge is 2.30. The number of para-hydroxylation sites is 1. The largest absolute Gasteiger partial charge is 0.416 e. The maximum Gasteiger partial charge on any atom is 0.416 e. The van der Waals surface area contributed by atoms with Gasteiger partial charge in [0.25, 0.3) is 11.6 Å². The predicted octanol–water partition coefficient (Wildman–Crippen LogP) is 6.02. The Morgan fingerprint density at radius 3 is 2.28 bits per heavy atom. The molecular formula is C20H13F3N2O3S. The number of amides is 1. The molecular weight excluding hydrogens is 405 g/mol. The summed E-state index contributed by atoms with van der Waals surface area (Å²) >= 11 is 1.03. The van der Waals surface area contributed by atoms with Crippen molar-refractivity contribution < 1.29 is 22.9 Å². The number of hydrogen-bond acceptors (Lipinski definition) is 4. The number of halogens is 3. The fourth-order valence-electron chi connectivity index (χ4n) is 2.53. The number of benzene rings is 3. The third kappa shape index (κ3) is 4.94. The van der Waals surface area contributed by atoms with Crippen LogP contribution in [-0.2, 0) is 6.18 Å². The van der Waals surface area contributed by atoms with Crippen molar-refractivity contribution in [3.8, 4) is 0 Å². The maximum absolute atomic E-state index is 12.9. The highest BCUT2D eigenvalue weighted by molar-refractivity contribution is 7.99. The number of anilines is 1. The Kier molecular flexibility index (Phi) is 5.88. The normalized spacial score (nSPS) is 11.1. The molecule has 0 atom stereocenters. The number of nitrogens with zero attached hydrogens (tertiary/aromatic N) is 1. The van der Waals surface area contributed by atoms with Crippen molar-refractivity contribution >= 4 is 29.0 Å². The molecule has 1 N–H and O–H groups in total. The Morgan fingerprint density at radius 1 is 0.931 bits per heavy atom. The molecule has 0 aliphatic rings. The number of nitro groups is 1. The Balaban J connectivity index is 1.88. The number of rotatable bonds is 5. The molecule has 3 aromatic rings. The van der Waals surface area contributed by atoms with Crippen molar-refractivity contribution in [1.29, 1.82) is 0 Å². The van der Waals surface area contributed by atoms with Crippen molar-refractivity contribution in [1.82, 2.24) is 0 Å². The molecule has 0 aliphatic carbocycles. The minimum atomic E-state index is -4.53. The summed E-state index contributed by atoms with van der Waals surface area (Å²) in [6, 6.07) is 16.8. The van der Waals surface area contributed by atoms with E-state index in [0.717, 1.165) is 23.9 Å². The molecule has 0 aromatic heterocycles. The lowest BCUT2D eigenvalue weighted by Gasteiger charge is -2.12. The smallest absolute Gasteiger partial charge is 0.322 e. The van der Waals surface area contributed by atoms with E-state index >= 15 is 0 Å². The monoisotopic (exact) mass is 418 g/mol. The molecule has 5 nitrogen and oxygen atoms in total. The molecule has 3 aromatic carbocycles. The zero-order valence-electron chi connectivity index (χ0n) is 14.6. The molecule has 0 radical (unpaired) electrons. The molecule has 0 bridgehead atoms. The summed E-state index contributed by atoms with van der Waals surface area (Å²) in [5, 5.41) is 13.7. The van der Waals surface area contributed by atoms with E-state index in [-0.39, 0.29) is 16.9 Å². The van der Waals surface area contributed by atoms with Crippen molar-refractivity contribution in [3.63, 3.8) is 0 Å². The van der Waals surface area contributed by atoms with E-state index in [1.807, 2.05) is 0 Å². The maximum atomic E-state index is 12.9. The highest BCUT2D eigenvalue weighted by Crippen LogP contribution is 2.36. The first-order valence-electron chi connectivity index (χ1n) is 8.24. The van der Waals surface area contributed by atoms with Crippen LogP contribution in [0, 0.1) is 10.1 Å². The summed E-state index contributed by atoms with van der Waals surface area (Å²) in [4.78, 5) is 24.1. The Bertz CT molecular complexity index is 1070. The summed E-state index contributed by atoms with van der Waals surface area (Å²) in [7, 11) is 0. The Hall–Kier alpha value is -3.33. The van der Waals surface area contributed by atoms with E-state index in [1.165, 1.54) is 30.3 Å². The summed E-state index contributed by atoms with van der Waals surface area (Å²) < 4.78 is 38.6. The van der Waals surface area contributed by atoms with Gasteiger partial charge in [-0.3, -0.25) is 14.9 Å². The molecule has 29 heavy (non-hydrogen) atoms. The zero-order valence-corrected chi connectivity index (χ0v) is 15.5. The van der Waals surface area contributed by atoms with Crippen LogP contribution < -0.4 is 5.32 Å². The minimum Gasteiger partial charge on any atom is -0.322 e. The Morgan fingerprint density at radius 2 is 1.59 bits per heavy atom. The molecule has 0 aliphatic heterocycles. The van der Waals surface area contributed by atoms with Gasteiger partial charge in [-0.15, -0.1) is 0 Å². The van der Waals surface area contributed by atoms with Crippen LogP contribution in [0.25, 0.3) is 0 Å². The van der Waals surface area contributed by atoms with Crippen molar-refractivity contribution in [3.05, 3.63) is 94.0 Å². The van der Waals surface area contributed by atoms with Gasteiger partial charge in [0.15, 0.2) is 0 Å². The van der Waals surface area contributed by atoms with Gasteiger partial charge in [0.1, 0.15) is 0 Å². The second kappa shape index (κ2) is 8.36. The van der Waals surface area contributed by atoms with Gasteiger partial charge in [-0.2, -0.15) is 13.2 Å². The molecule has 0 unspecified atom stereocenters. The van der Waals surface area contributed by atoms with Crippen molar-refractivity contribution in [2.45, 2.75) is 16.0 Å². The second-order valence-corrected chi connectivity index (χ2v) is 6.94. The van der Waals surface area contributed by atoms with Gasteiger partial charge < -0.3 is 5.32 Å². The fourth-order valence-corrected chi connectivity index (χ4v) is 3.58. The van der Waals surface area contributed by atoms with Crippen LogP contribution in [0.4, 0.5) is 24.5 Å². The number of nitrogens with one attached hydrogen (secondary N) is 1. The quantitative estimate of drug-likeness (QED) is 0.406. The van der Waals surface area contributed by atoms with Crippen LogP contribution >= 0.6 is 11.8 Å². The molecule has 0 spiro atoms. The first-order chi connectivity index (χ1) is 13.8. The van der Waals surface area contributed by atoms with Crippen LogP contribution in [-0.4, -0.2) is 10.8 Å². The summed E-state index contributed by atoms with van der Waals surface area (Å²) in [6.45, 7) is 0. The predicted molar refractivity (Wildman–Crippen MR) is 103 cm³/mol. The molecule has 3 rings (SSSR count). The average molecular weight is 418 g/mol. The average Bonchev–Trinajstić information content (AvgIpc) is 2.68. The third-order valence-corrected chi connectivity index (χ3v) is 5.00. The first kappa shape index (κ1) is 20.4. The molecule has 148 valence electrons. The van der Waals surface area contributed by atoms with E-state index in [2.05, 4.69) is 5.32 Å². The van der Waals surface area contributed by atoms with E-state index in [1.54, 1.807) is 30.3 Å². The van der Waals surface area contributed by atoms with E-state index in [0.29, 0.717) is 9.79 Å². The van der Waals surface area contributed by atoms with E-state index in [9.17, 15) is 28.1 Å². The molecule has 0 heterocycles. The lowest BCUT2D eigenvalue weighted by atomic mass is 10.1. The zero-order chi connectivity index (χ0) is 21.0.